The molecule has 6 nitrogen and oxygen atoms in total. The maximum Gasteiger partial charge on any atom is 0.492 e. The summed E-state index contributed by atoms with van der Waals surface area (Å²) < 4.78 is 47.6. The number of ether oxygens (including phenoxy) is 2. The van der Waals surface area contributed by atoms with E-state index in [1.807, 2.05) is 27.7 Å². The van der Waals surface area contributed by atoms with E-state index in [0.717, 1.165) is 0 Å². The fourth-order valence-electron chi connectivity index (χ4n) is 2.69. The topological polar surface area (TPSA) is 66.0 Å². The summed E-state index contributed by atoms with van der Waals surface area (Å²) in [5.74, 6) is 0.0128. The quantitative estimate of drug-likeness (QED) is 0.662. The molecule has 166 valence electrons. The minimum atomic E-state index is -2.96. The smallest absolute Gasteiger partial charge is 0.444 e. The van der Waals surface area contributed by atoms with Crippen molar-refractivity contribution in [1.82, 2.24) is 5.32 Å². The van der Waals surface area contributed by atoms with Crippen LogP contribution in [0.4, 0.5) is 13.6 Å². The summed E-state index contributed by atoms with van der Waals surface area (Å²) in [5, 5.41) is 2.67. The first kappa shape index (κ1) is 24.1. The zero-order chi connectivity index (χ0) is 22.7. The number of halogens is 2. The van der Waals surface area contributed by atoms with Gasteiger partial charge in [-0.3, -0.25) is 0 Å². The van der Waals surface area contributed by atoms with Crippen LogP contribution in [0.1, 0.15) is 54.0 Å². The minimum Gasteiger partial charge on any atom is -0.444 e. The molecule has 0 atom stereocenters. The van der Waals surface area contributed by atoms with Gasteiger partial charge in [0.2, 0.25) is 0 Å². The van der Waals surface area contributed by atoms with Crippen molar-refractivity contribution in [2.75, 3.05) is 6.54 Å². The zero-order valence-electron chi connectivity index (χ0n) is 18.5. The lowest BCUT2D eigenvalue weighted by atomic mass is 9.77. The number of alkyl halides is 2. The van der Waals surface area contributed by atoms with Gasteiger partial charge in [0.1, 0.15) is 11.4 Å². The molecule has 1 fully saturated rings. The third-order valence-corrected chi connectivity index (χ3v) is 4.87. The monoisotopic (exact) mass is 425 g/mol. The second kappa shape index (κ2) is 8.94. The van der Waals surface area contributed by atoms with Gasteiger partial charge < -0.3 is 24.1 Å². The van der Waals surface area contributed by atoms with Crippen LogP contribution in [0.25, 0.3) is 6.08 Å². The zero-order valence-corrected chi connectivity index (χ0v) is 18.5. The summed E-state index contributed by atoms with van der Waals surface area (Å²) in [7, 11) is -0.787. The molecule has 1 aliphatic rings. The van der Waals surface area contributed by atoms with Crippen LogP contribution >= 0.6 is 0 Å². The maximum absolute atomic E-state index is 12.8. The van der Waals surface area contributed by atoms with E-state index in [-0.39, 0.29) is 12.3 Å². The van der Waals surface area contributed by atoms with Gasteiger partial charge in [0.15, 0.2) is 0 Å². The first-order valence-electron chi connectivity index (χ1n) is 9.77. The Morgan fingerprint density at radius 1 is 1.17 bits per heavy atom. The fourth-order valence-corrected chi connectivity index (χ4v) is 2.69. The van der Waals surface area contributed by atoms with Crippen molar-refractivity contribution in [2.24, 2.45) is 0 Å². The summed E-state index contributed by atoms with van der Waals surface area (Å²) in [4.78, 5) is 12.1. The molecular formula is C21H30BF2NO5. The Kier molecular flexibility index (Phi) is 7.19. The molecule has 0 saturated carbocycles. The van der Waals surface area contributed by atoms with Crippen molar-refractivity contribution in [3.05, 3.63) is 35.3 Å². The average Bonchev–Trinajstić information content (AvgIpc) is 2.78. The van der Waals surface area contributed by atoms with Gasteiger partial charge in [-0.15, -0.1) is 0 Å². The fraction of sp³-hybridized carbons (Fsp3) is 0.571. The van der Waals surface area contributed by atoms with Gasteiger partial charge >= 0.3 is 19.8 Å². The van der Waals surface area contributed by atoms with Gasteiger partial charge in [0, 0.05) is 12.1 Å². The number of rotatable bonds is 6. The number of para-hydroxylation sites is 1. The summed E-state index contributed by atoms with van der Waals surface area (Å²) in [6.45, 7) is 9.97. The molecule has 1 aliphatic heterocycles. The highest BCUT2D eigenvalue weighted by Gasteiger charge is 2.52. The Bertz CT molecular complexity index is 774. The maximum atomic E-state index is 12.8. The standard InChI is InChI=1S/C21H30BF2NO5/c1-19(2,3)28-18(26)25-13-15(22-29-20(4,5)21(6,7)30-22)12-14-10-8-9-11-16(14)27-17(23)24/h8-12,17H,13H2,1-7H3,(H,25,26). The molecule has 9 heteroatoms. The molecule has 0 radical (unpaired) electrons. The van der Waals surface area contributed by atoms with Crippen LogP contribution in [0.2, 0.25) is 0 Å². The summed E-state index contributed by atoms with van der Waals surface area (Å²) >= 11 is 0. The highest BCUT2D eigenvalue weighted by Crippen LogP contribution is 2.39. The molecule has 0 unspecified atom stereocenters. The highest BCUT2D eigenvalue weighted by molar-refractivity contribution is 6.56. The molecule has 0 aliphatic carbocycles. The van der Waals surface area contributed by atoms with Gasteiger partial charge in [0.05, 0.1) is 11.2 Å². The summed E-state index contributed by atoms with van der Waals surface area (Å²) in [6, 6.07) is 6.38. The van der Waals surface area contributed by atoms with E-state index in [2.05, 4.69) is 10.1 Å². The lowest BCUT2D eigenvalue weighted by molar-refractivity contribution is -0.0499. The predicted molar refractivity (Wildman–Crippen MR) is 111 cm³/mol. The summed E-state index contributed by atoms with van der Waals surface area (Å²) in [6.07, 6.45) is 1.01. The van der Waals surface area contributed by atoms with Crippen LogP contribution in [0.3, 0.4) is 0 Å². The van der Waals surface area contributed by atoms with Crippen LogP contribution in [0, 0.1) is 0 Å². The predicted octanol–water partition coefficient (Wildman–Crippen LogP) is 4.83. The van der Waals surface area contributed by atoms with Crippen molar-refractivity contribution < 1.29 is 32.4 Å². The van der Waals surface area contributed by atoms with Crippen molar-refractivity contribution in [2.45, 2.75) is 71.9 Å². The van der Waals surface area contributed by atoms with Crippen LogP contribution in [0.5, 0.6) is 5.75 Å². The highest BCUT2D eigenvalue weighted by atomic mass is 19.3. The number of carbonyl (C=O) groups excluding carboxylic acids is 1. The number of carbonyl (C=O) groups is 1. The van der Waals surface area contributed by atoms with Crippen LogP contribution in [0.15, 0.2) is 29.7 Å². The number of alkyl carbamates (subject to hydrolysis) is 1. The molecular weight excluding hydrogens is 395 g/mol. The normalized spacial score (nSPS) is 18.5. The summed E-state index contributed by atoms with van der Waals surface area (Å²) in [5.41, 5.74) is -0.933. The second-order valence-electron chi connectivity index (χ2n) is 9.08. The first-order chi connectivity index (χ1) is 13.7. The number of hydrogen-bond acceptors (Lipinski definition) is 5. The Morgan fingerprint density at radius 2 is 1.73 bits per heavy atom. The van der Waals surface area contributed by atoms with E-state index in [9.17, 15) is 13.6 Å². The Hall–Kier alpha value is -2.13. The van der Waals surface area contributed by atoms with E-state index in [4.69, 9.17) is 14.0 Å². The largest absolute Gasteiger partial charge is 0.492 e. The van der Waals surface area contributed by atoms with Crippen molar-refractivity contribution in [1.29, 1.82) is 0 Å². The van der Waals surface area contributed by atoms with Crippen LogP contribution in [-0.2, 0) is 14.0 Å². The van der Waals surface area contributed by atoms with Crippen molar-refractivity contribution in [3.63, 3.8) is 0 Å². The molecule has 1 aromatic rings. The van der Waals surface area contributed by atoms with Crippen molar-refractivity contribution in [3.8, 4) is 5.75 Å². The number of nitrogens with one attached hydrogen (secondary N) is 1. The number of hydrogen-bond donors (Lipinski definition) is 1. The molecule has 1 heterocycles. The second-order valence-corrected chi connectivity index (χ2v) is 9.08. The van der Waals surface area contributed by atoms with Crippen LogP contribution < -0.4 is 10.1 Å². The van der Waals surface area contributed by atoms with Gasteiger partial charge in [-0.1, -0.05) is 24.3 Å². The lowest BCUT2D eigenvalue weighted by Crippen LogP contribution is -2.41. The number of amides is 1. The molecule has 0 aromatic heterocycles. The Morgan fingerprint density at radius 3 is 2.27 bits per heavy atom. The van der Waals surface area contributed by atoms with Crippen LogP contribution in [-0.4, -0.2) is 43.2 Å². The Balaban J connectivity index is 2.33. The van der Waals surface area contributed by atoms with E-state index < -0.39 is 36.6 Å². The van der Waals surface area contributed by atoms with E-state index in [1.54, 1.807) is 45.0 Å². The molecule has 0 spiro atoms. The first-order valence-corrected chi connectivity index (χ1v) is 9.77. The third kappa shape index (κ3) is 6.44. The molecule has 2 rings (SSSR count). The molecule has 30 heavy (non-hydrogen) atoms. The third-order valence-electron chi connectivity index (χ3n) is 4.87. The molecule has 1 amide bonds. The molecule has 1 saturated heterocycles. The molecule has 1 N–H and O–H groups in total. The van der Waals surface area contributed by atoms with Gasteiger partial charge in [-0.05, 0) is 60.0 Å². The Labute approximate surface area is 177 Å². The minimum absolute atomic E-state index is 0.0128. The molecule has 1 aromatic carbocycles. The average molecular weight is 425 g/mol. The molecule has 0 bridgehead atoms. The van der Waals surface area contributed by atoms with Crippen molar-refractivity contribution >= 4 is 19.3 Å². The van der Waals surface area contributed by atoms with Gasteiger partial charge in [-0.2, -0.15) is 8.78 Å². The van der Waals surface area contributed by atoms with E-state index in [0.29, 0.717) is 11.0 Å². The number of benzene rings is 1. The lowest BCUT2D eigenvalue weighted by Gasteiger charge is -2.32. The van der Waals surface area contributed by atoms with Gasteiger partial charge in [0.25, 0.3) is 0 Å². The SMILES string of the molecule is CC(C)(C)OC(=O)NCC(=Cc1ccccc1OC(F)F)B1OC(C)(C)C(C)(C)O1. The van der Waals surface area contributed by atoms with E-state index in [1.165, 1.54) is 6.07 Å². The van der Waals surface area contributed by atoms with E-state index >= 15 is 0 Å². The van der Waals surface area contributed by atoms with Gasteiger partial charge in [-0.25, -0.2) is 4.79 Å².